The van der Waals surface area contributed by atoms with E-state index < -0.39 is 8.07 Å². The Bertz CT molecular complexity index is 404. The zero-order chi connectivity index (χ0) is 12.0. The minimum Gasteiger partial charge on any atom is -0.121 e. The highest BCUT2D eigenvalue weighted by molar-refractivity contribution is 6.82. The van der Waals surface area contributed by atoms with Crippen LogP contribution in [0.15, 0.2) is 29.5 Å². The predicted molar refractivity (Wildman–Crippen MR) is 76.3 cm³/mol. The van der Waals surface area contributed by atoms with Gasteiger partial charge in [-0.1, -0.05) is 38.2 Å². The fraction of sp³-hybridized carbons (Fsp3) is 0.625. The van der Waals surface area contributed by atoms with Crippen LogP contribution in [0.1, 0.15) is 25.7 Å². The first kappa shape index (κ1) is 11.6. The minimum absolute atomic E-state index is 0.837. The number of hydrogen-bond donors (Lipinski definition) is 0. The Morgan fingerprint density at radius 2 is 1.94 bits per heavy atom. The highest BCUT2D eigenvalue weighted by Crippen LogP contribution is 2.51. The average Bonchev–Trinajstić information content (AvgIpc) is 2.89. The van der Waals surface area contributed by atoms with Crippen LogP contribution in [0.3, 0.4) is 0 Å². The lowest BCUT2D eigenvalue weighted by molar-refractivity contribution is 0.383. The zero-order valence-electron chi connectivity index (χ0n) is 11.3. The van der Waals surface area contributed by atoms with E-state index in [1.807, 2.05) is 0 Å². The lowest BCUT2D eigenvalue weighted by Crippen LogP contribution is -2.29. The smallest absolute Gasteiger partial charge is 0.0616 e. The van der Waals surface area contributed by atoms with Gasteiger partial charge in [-0.05, 0) is 48.7 Å². The third kappa shape index (κ3) is 2.11. The maximum atomic E-state index is 3.61. The van der Waals surface area contributed by atoms with Crippen molar-refractivity contribution < 1.29 is 0 Å². The summed E-state index contributed by atoms with van der Waals surface area (Å²) in [6.07, 6.45) is 12.9. The molecule has 0 unspecified atom stereocenters. The van der Waals surface area contributed by atoms with Gasteiger partial charge >= 0.3 is 0 Å². The van der Waals surface area contributed by atoms with Gasteiger partial charge < -0.3 is 0 Å². The maximum absolute atomic E-state index is 3.61. The molecule has 2 fully saturated rings. The molecule has 3 rings (SSSR count). The summed E-state index contributed by atoms with van der Waals surface area (Å²) in [7, 11) is -1.14. The topological polar surface area (TPSA) is 0 Å². The second-order valence-electron chi connectivity index (χ2n) is 7.06. The first-order chi connectivity index (χ1) is 8.04. The summed E-state index contributed by atoms with van der Waals surface area (Å²) < 4.78 is 0. The Morgan fingerprint density at radius 1 is 1.12 bits per heavy atom. The van der Waals surface area contributed by atoms with Crippen molar-refractivity contribution in [2.45, 2.75) is 45.3 Å². The summed E-state index contributed by atoms with van der Waals surface area (Å²) in [4.78, 5) is 0. The molecule has 0 saturated heterocycles. The monoisotopic (exact) mass is 243 g/mol. The standard InChI is InChI=1S/C16H23Si/c1-17(2,3)15-8-6-13(7-9-15)16-11-12-4-5-14(16)10-12/h6,8-9,12,14,16H,4-5,10-11H2,1-3H3/t12-,14+,16-/m0/s1. The van der Waals surface area contributed by atoms with Crippen LogP contribution in [0.2, 0.25) is 19.6 Å². The molecule has 2 bridgehead atoms. The van der Waals surface area contributed by atoms with Crippen LogP contribution in [0.25, 0.3) is 0 Å². The molecular formula is C16H23Si. The van der Waals surface area contributed by atoms with E-state index in [4.69, 9.17) is 0 Å². The van der Waals surface area contributed by atoms with Crippen LogP contribution in [-0.4, -0.2) is 8.07 Å². The van der Waals surface area contributed by atoms with Gasteiger partial charge in [-0.3, -0.25) is 0 Å². The molecule has 0 nitrogen and oxygen atoms in total. The van der Waals surface area contributed by atoms with E-state index in [-0.39, 0.29) is 0 Å². The second-order valence-corrected chi connectivity index (χ2v) is 12.1. The van der Waals surface area contributed by atoms with E-state index in [1.165, 1.54) is 31.3 Å². The van der Waals surface area contributed by atoms with Crippen molar-refractivity contribution in [2.75, 3.05) is 0 Å². The Balaban J connectivity index is 1.79. The molecule has 3 atom stereocenters. The fourth-order valence-electron chi connectivity index (χ4n) is 3.76. The molecule has 17 heavy (non-hydrogen) atoms. The molecule has 0 aromatic heterocycles. The minimum atomic E-state index is -1.14. The summed E-state index contributed by atoms with van der Waals surface area (Å²) in [5.41, 5.74) is 6.65. The fourth-order valence-corrected chi connectivity index (χ4v) is 4.85. The molecule has 0 spiro atoms. The van der Waals surface area contributed by atoms with Crippen molar-refractivity contribution in [1.29, 1.82) is 0 Å². The van der Waals surface area contributed by atoms with Gasteiger partial charge in [0.25, 0.3) is 0 Å². The Morgan fingerprint density at radius 3 is 2.41 bits per heavy atom. The molecule has 2 saturated carbocycles. The highest BCUT2D eigenvalue weighted by Gasteiger charge is 2.41. The molecule has 0 amide bonds. The largest absolute Gasteiger partial charge is 0.121 e. The van der Waals surface area contributed by atoms with Crippen LogP contribution in [0.5, 0.6) is 0 Å². The van der Waals surface area contributed by atoms with Crippen LogP contribution < -0.4 is 0 Å². The van der Waals surface area contributed by atoms with Crippen molar-refractivity contribution in [2.24, 2.45) is 17.8 Å². The first-order valence-corrected chi connectivity index (χ1v) is 10.6. The Labute approximate surface area is 107 Å². The Kier molecular flexibility index (Phi) is 2.72. The molecule has 91 valence electrons. The van der Waals surface area contributed by atoms with Gasteiger partial charge in [0.15, 0.2) is 0 Å². The normalized spacial score (nSPS) is 36.6. The summed E-state index contributed by atoms with van der Waals surface area (Å²) in [6.45, 7) is 7.23. The van der Waals surface area contributed by atoms with Crippen LogP contribution in [0, 0.1) is 23.3 Å². The summed E-state index contributed by atoms with van der Waals surface area (Å²) in [5.74, 6) is 2.86. The van der Waals surface area contributed by atoms with Crippen LogP contribution >= 0.6 is 0 Å². The molecule has 0 aliphatic heterocycles. The maximum Gasteiger partial charge on any atom is 0.0616 e. The van der Waals surface area contributed by atoms with Gasteiger partial charge in [0.1, 0.15) is 0 Å². The van der Waals surface area contributed by atoms with Gasteiger partial charge in [-0.25, -0.2) is 0 Å². The molecule has 0 heterocycles. The molecular weight excluding hydrogens is 220 g/mol. The van der Waals surface area contributed by atoms with Gasteiger partial charge in [-0.15, -0.1) is 5.73 Å². The molecule has 3 aliphatic rings. The SMILES string of the molecule is C[Si](C)(C)[C]1C=C=C([C@@H]2C[C@H]3CC[C@@H]2C3)C=C1. The van der Waals surface area contributed by atoms with Crippen molar-refractivity contribution in [3.63, 3.8) is 0 Å². The number of hydrogen-bond acceptors (Lipinski definition) is 0. The predicted octanol–water partition coefficient (Wildman–Crippen LogP) is 4.53. The van der Waals surface area contributed by atoms with E-state index in [9.17, 15) is 0 Å². The molecule has 3 aliphatic carbocycles. The van der Waals surface area contributed by atoms with E-state index in [1.54, 1.807) is 5.54 Å². The molecule has 0 aromatic rings. The number of allylic oxidation sites excluding steroid dienone is 3. The first-order valence-electron chi connectivity index (χ1n) is 7.06. The van der Waals surface area contributed by atoms with E-state index in [2.05, 4.69) is 43.6 Å². The van der Waals surface area contributed by atoms with Crippen molar-refractivity contribution in [3.05, 3.63) is 35.1 Å². The van der Waals surface area contributed by atoms with Gasteiger partial charge in [-0.2, -0.15) is 0 Å². The van der Waals surface area contributed by atoms with E-state index >= 15 is 0 Å². The quantitative estimate of drug-likeness (QED) is 0.494. The summed E-state index contributed by atoms with van der Waals surface area (Å²) in [6, 6.07) is 0. The van der Waals surface area contributed by atoms with E-state index in [0.29, 0.717) is 0 Å². The molecule has 1 radical (unpaired) electrons. The number of rotatable bonds is 2. The van der Waals surface area contributed by atoms with Crippen molar-refractivity contribution >= 4 is 8.07 Å². The third-order valence-electron chi connectivity index (χ3n) is 4.84. The van der Waals surface area contributed by atoms with Crippen LogP contribution in [-0.2, 0) is 0 Å². The lowest BCUT2D eigenvalue weighted by atomic mass is 9.82. The van der Waals surface area contributed by atoms with Crippen molar-refractivity contribution in [1.82, 2.24) is 0 Å². The molecule has 1 heteroatoms. The molecule has 0 aromatic carbocycles. The average molecular weight is 243 g/mol. The summed E-state index contributed by atoms with van der Waals surface area (Å²) >= 11 is 0. The summed E-state index contributed by atoms with van der Waals surface area (Å²) in [5, 5.41) is 0. The second kappa shape index (κ2) is 4.00. The van der Waals surface area contributed by atoms with Crippen LogP contribution in [0.4, 0.5) is 0 Å². The highest BCUT2D eigenvalue weighted by atomic mass is 28.3. The lowest BCUT2D eigenvalue weighted by Gasteiger charge is -2.26. The van der Waals surface area contributed by atoms with Crippen molar-refractivity contribution in [3.8, 4) is 0 Å². The molecule has 0 N–H and O–H groups in total. The van der Waals surface area contributed by atoms with Gasteiger partial charge in [0, 0.05) is 5.54 Å². The number of fused-ring (bicyclic) bond motifs is 2. The zero-order valence-corrected chi connectivity index (χ0v) is 12.3. The Hall–Kier alpha value is -0.523. The van der Waals surface area contributed by atoms with Gasteiger partial charge in [0.2, 0.25) is 0 Å². The third-order valence-corrected chi connectivity index (χ3v) is 6.88. The van der Waals surface area contributed by atoms with E-state index in [0.717, 1.165) is 17.8 Å². The van der Waals surface area contributed by atoms with Gasteiger partial charge in [0.05, 0.1) is 8.07 Å².